The largest absolute Gasteiger partial charge is 0.480 e. The molecule has 1 atom stereocenters. The van der Waals surface area contributed by atoms with Crippen LogP contribution in [-0.2, 0) is 16.0 Å². The lowest BCUT2D eigenvalue weighted by molar-refractivity contribution is -0.141. The summed E-state index contributed by atoms with van der Waals surface area (Å²) < 4.78 is 0. The Hall–Kier alpha value is -2.81. The van der Waals surface area contributed by atoms with E-state index in [-0.39, 0.29) is 11.5 Å². The van der Waals surface area contributed by atoms with Gasteiger partial charge in [0.1, 0.15) is 17.7 Å². The second-order valence-corrected chi connectivity index (χ2v) is 6.29. The first-order chi connectivity index (χ1) is 11.8. The van der Waals surface area contributed by atoms with Crippen molar-refractivity contribution in [2.24, 2.45) is 5.92 Å². The van der Waals surface area contributed by atoms with Crippen LogP contribution in [0, 0.1) is 24.2 Å². The maximum absolute atomic E-state index is 12.1. The van der Waals surface area contributed by atoms with Gasteiger partial charge in [-0.25, -0.2) is 4.79 Å². The molecule has 6 heteroatoms. The highest BCUT2D eigenvalue weighted by Gasteiger charge is 2.22. The second-order valence-electron chi connectivity index (χ2n) is 6.29. The Morgan fingerprint density at radius 3 is 2.56 bits per heavy atom. The molecular weight excluding hydrogens is 318 g/mol. The van der Waals surface area contributed by atoms with Gasteiger partial charge in [0.15, 0.2) is 0 Å². The van der Waals surface area contributed by atoms with Gasteiger partial charge in [0.05, 0.1) is 0 Å². The number of nitriles is 1. The summed E-state index contributed by atoms with van der Waals surface area (Å²) in [6.07, 6.45) is 2.40. The van der Waals surface area contributed by atoms with Gasteiger partial charge in [0, 0.05) is 12.7 Å². The fourth-order valence-electron chi connectivity index (χ4n) is 2.35. The molecule has 0 radical (unpaired) electrons. The molecule has 1 aromatic carbocycles. The highest BCUT2D eigenvalue weighted by Crippen LogP contribution is 2.07. The van der Waals surface area contributed by atoms with Crippen LogP contribution in [0.5, 0.6) is 0 Å². The van der Waals surface area contributed by atoms with Crippen LogP contribution in [-0.4, -0.2) is 29.6 Å². The lowest BCUT2D eigenvalue weighted by atomic mass is 10.0. The molecule has 0 fully saturated rings. The van der Waals surface area contributed by atoms with Crippen LogP contribution in [0.1, 0.15) is 31.4 Å². The van der Waals surface area contributed by atoms with Crippen LogP contribution in [0.15, 0.2) is 36.0 Å². The Kier molecular flexibility index (Phi) is 8.21. The van der Waals surface area contributed by atoms with Gasteiger partial charge in [-0.2, -0.15) is 5.26 Å². The number of rotatable bonds is 9. The predicted molar refractivity (Wildman–Crippen MR) is 95.6 cm³/mol. The molecule has 0 heterocycles. The van der Waals surface area contributed by atoms with Crippen LogP contribution >= 0.6 is 0 Å². The van der Waals surface area contributed by atoms with Gasteiger partial charge in [0.25, 0.3) is 5.91 Å². The SMILES string of the molecule is Cc1ccccc1CCN/C=C(/C#N)C(=O)NC(CC(C)C)C(=O)O. The average Bonchev–Trinajstić information content (AvgIpc) is 2.55. The number of carbonyl (C=O) groups excluding carboxylic acids is 1. The molecule has 6 nitrogen and oxygen atoms in total. The maximum Gasteiger partial charge on any atom is 0.326 e. The van der Waals surface area contributed by atoms with E-state index in [0.717, 1.165) is 6.42 Å². The van der Waals surface area contributed by atoms with E-state index >= 15 is 0 Å². The van der Waals surface area contributed by atoms with E-state index in [1.54, 1.807) is 6.07 Å². The van der Waals surface area contributed by atoms with Gasteiger partial charge in [0.2, 0.25) is 0 Å². The van der Waals surface area contributed by atoms with Crippen molar-refractivity contribution in [1.82, 2.24) is 10.6 Å². The molecule has 1 amide bonds. The van der Waals surface area contributed by atoms with Crippen molar-refractivity contribution >= 4 is 11.9 Å². The van der Waals surface area contributed by atoms with Crippen LogP contribution in [0.25, 0.3) is 0 Å². The van der Waals surface area contributed by atoms with Crippen molar-refractivity contribution in [3.8, 4) is 6.07 Å². The molecule has 0 saturated heterocycles. The van der Waals surface area contributed by atoms with Crippen LogP contribution in [0.2, 0.25) is 0 Å². The monoisotopic (exact) mass is 343 g/mol. The number of carboxylic acid groups (broad SMARTS) is 1. The van der Waals surface area contributed by atoms with E-state index in [4.69, 9.17) is 10.4 Å². The first-order valence-electron chi connectivity index (χ1n) is 8.27. The summed E-state index contributed by atoms with van der Waals surface area (Å²) in [5.41, 5.74) is 2.23. The third-order valence-electron chi connectivity index (χ3n) is 3.72. The van der Waals surface area contributed by atoms with Gasteiger partial charge in [-0.05, 0) is 36.8 Å². The van der Waals surface area contributed by atoms with Crippen molar-refractivity contribution in [3.05, 3.63) is 47.2 Å². The summed E-state index contributed by atoms with van der Waals surface area (Å²) >= 11 is 0. The summed E-state index contributed by atoms with van der Waals surface area (Å²) in [5.74, 6) is -1.67. The van der Waals surface area contributed by atoms with E-state index in [9.17, 15) is 9.59 Å². The summed E-state index contributed by atoms with van der Waals surface area (Å²) in [7, 11) is 0. The summed E-state index contributed by atoms with van der Waals surface area (Å²) in [6.45, 7) is 6.34. The minimum atomic E-state index is -1.10. The van der Waals surface area contributed by atoms with Gasteiger partial charge < -0.3 is 15.7 Å². The Balaban J connectivity index is 2.60. The number of aliphatic carboxylic acids is 1. The van der Waals surface area contributed by atoms with Crippen molar-refractivity contribution in [3.63, 3.8) is 0 Å². The fraction of sp³-hybridized carbons (Fsp3) is 0.421. The minimum Gasteiger partial charge on any atom is -0.480 e. The molecule has 0 aliphatic rings. The molecule has 0 aliphatic carbocycles. The van der Waals surface area contributed by atoms with Crippen molar-refractivity contribution in [1.29, 1.82) is 5.26 Å². The highest BCUT2D eigenvalue weighted by atomic mass is 16.4. The number of nitrogens with one attached hydrogen (secondary N) is 2. The number of hydrogen-bond acceptors (Lipinski definition) is 4. The number of amides is 1. The van der Waals surface area contributed by atoms with Gasteiger partial charge in [-0.3, -0.25) is 4.79 Å². The Bertz CT molecular complexity index is 675. The summed E-state index contributed by atoms with van der Waals surface area (Å²) in [4.78, 5) is 23.3. The number of hydrogen-bond donors (Lipinski definition) is 3. The van der Waals surface area contributed by atoms with Crippen LogP contribution < -0.4 is 10.6 Å². The summed E-state index contributed by atoms with van der Waals surface area (Å²) in [6, 6.07) is 8.80. The lowest BCUT2D eigenvalue weighted by Crippen LogP contribution is -2.42. The first-order valence-corrected chi connectivity index (χ1v) is 8.27. The van der Waals surface area contributed by atoms with E-state index in [1.165, 1.54) is 17.3 Å². The molecule has 134 valence electrons. The minimum absolute atomic E-state index is 0.114. The van der Waals surface area contributed by atoms with Crippen LogP contribution in [0.4, 0.5) is 0 Å². The molecule has 0 aliphatic heterocycles. The molecule has 1 aromatic rings. The number of aryl methyl sites for hydroxylation is 1. The van der Waals surface area contributed by atoms with Crippen LogP contribution in [0.3, 0.4) is 0 Å². The molecule has 1 rings (SSSR count). The second kappa shape index (κ2) is 10.1. The predicted octanol–water partition coefficient (Wildman–Crippen LogP) is 2.15. The molecule has 0 bridgehead atoms. The highest BCUT2D eigenvalue weighted by molar-refractivity contribution is 5.99. The normalized spacial score (nSPS) is 12.4. The molecule has 25 heavy (non-hydrogen) atoms. The molecule has 0 saturated carbocycles. The third kappa shape index (κ3) is 7.08. The first kappa shape index (κ1) is 20.2. The molecular formula is C19H25N3O3. The van der Waals surface area contributed by atoms with E-state index < -0.39 is 17.9 Å². The van der Waals surface area contributed by atoms with E-state index in [1.807, 2.05) is 45.0 Å². The quantitative estimate of drug-likeness (QED) is 0.362. The van der Waals surface area contributed by atoms with E-state index in [0.29, 0.717) is 13.0 Å². The number of carboxylic acids is 1. The van der Waals surface area contributed by atoms with Gasteiger partial charge in [-0.15, -0.1) is 0 Å². The smallest absolute Gasteiger partial charge is 0.326 e. The van der Waals surface area contributed by atoms with Crippen molar-refractivity contribution < 1.29 is 14.7 Å². The number of nitrogens with zero attached hydrogens (tertiary/aromatic N) is 1. The van der Waals surface area contributed by atoms with Gasteiger partial charge in [-0.1, -0.05) is 38.1 Å². The van der Waals surface area contributed by atoms with E-state index in [2.05, 4.69) is 10.6 Å². The number of benzene rings is 1. The summed E-state index contributed by atoms with van der Waals surface area (Å²) in [5, 5.41) is 23.6. The third-order valence-corrected chi connectivity index (χ3v) is 3.72. The standard InChI is InChI=1S/C19H25N3O3/c1-13(2)10-17(19(24)25)22-18(23)16(11-20)12-21-9-8-15-7-5-4-6-14(15)3/h4-7,12-13,17,21H,8-10H2,1-3H3,(H,22,23)(H,24,25)/b16-12-. The topological polar surface area (TPSA) is 102 Å². The molecule has 3 N–H and O–H groups in total. The molecule has 0 spiro atoms. The van der Waals surface area contributed by atoms with Crippen molar-refractivity contribution in [2.75, 3.05) is 6.54 Å². The molecule has 0 aromatic heterocycles. The lowest BCUT2D eigenvalue weighted by Gasteiger charge is -2.16. The Morgan fingerprint density at radius 1 is 1.32 bits per heavy atom. The molecule has 1 unspecified atom stereocenters. The van der Waals surface area contributed by atoms with Crippen molar-refractivity contribution in [2.45, 2.75) is 39.7 Å². The zero-order chi connectivity index (χ0) is 18.8. The average molecular weight is 343 g/mol. The number of carbonyl (C=O) groups is 2. The Labute approximate surface area is 148 Å². The fourth-order valence-corrected chi connectivity index (χ4v) is 2.35. The maximum atomic E-state index is 12.1. The Morgan fingerprint density at radius 2 is 2.00 bits per heavy atom. The van der Waals surface area contributed by atoms with Gasteiger partial charge >= 0.3 is 5.97 Å². The zero-order valence-corrected chi connectivity index (χ0v) is 14.9. The zero-order valence-electron chi connectivity index (χ0n) is 14.9.